The first kappa shape index (κ1) is 14.3. The molecule has 0 saturated carbocycles. The summed E-state index contributed by atoms with van der Waals surface area (Å²) in [5.74, 6) is -1.52. The molecule has 3 atom stereocenters. The van der Waals surface area contributed by atoms with Gasteiger partial charge in [0.25, 0.3) is 0 Å². The van der Waals surface area contributed by atoms with Crippen LogP contribution in [0.2, 0.25) is 0 Å². The Hall–Kier alpha value is -0.780. The molecule has 3 unspecified atom stereocenters. The van der Waals surface area contributed by atoms with E-state index in [9.17, 15) is 18.0 Å². The third kappa shape index (κ3) is 4.18. The fourth-order valence-corrected chi connectivity index (χ4v) is 1.81. The van der Waals surface area contributed by atoms with Crippen molar-refractivity contribution in [2.75, 3.05) is 6.54 Å². The van der Waals surface area contributed by atoms with E-state index in [0.717, 1.165) is 6.42 Å². The SMILES string of the molecule is CCC(C)NC(=O)C1CCC(C(F)(F)F)CN1. The van der Waals surface area contributed by atoms with Gasteiger partial charge >= 0.3 is 6.18 Å². The van der Waals surface area contributed by atoms with E-state index in [0.29, 0.717) is 0 Å². The van der Waals surface area contributed by atoms with Crippen molar-refractivity contribution in [3.63, 3.8) is 0 Å². The molecule has 0 aromatic heterocycles. The van der Waals surface area contributed by atoms with E-state index in [1.807, 2.05) is 13.8 Å². The summed E-state index contributed by atoms with van der Waals surface area (Å²) in [6.45, 7) is 3.65. The Bertz CT molecular complexity index is 260. The lowest BCUT2D eigenvalue weighted by Gasteiger charge is -2.30. The summed E-state index contributed by atoms with van der Waals surface area (Å²) in [5, 5.41) is 5.44. The van der Waals surface area contributed by atoms with E-state index in [-0.39, 0.29) is 31.3 Å². The highest BCUT2D eigenvalue weighted by atomic mass is 19.4. The summed E-state index contributed by atoms with van der Waals surface area (Å²) in [4.78, 5) is 11.7. The molecule has 1 rings (SSSR count). The van der Waals surface area contributed by atoms with Crippen LogP contribution in [0, 0.1) is 5.92 Å². The van der Waals surface area contributed by atoms with Gasteiger partial charge in [0.1, 0.15) is 0 Å². The molecule has 100 valence electrons. The predicted molar refractivity (Wildman–Crippen MR) is 58.5 cm³/mol. The van der Waals surface area contributed by atoms with Gasteiger partial charge in [-0.15, -0.1) is 0 Å². The van der Waals surface area contributed by atoms with Crippen LogP contribution >= 0.6 is 0 Å². The van der Waals surface area contributed by atoms with Crippen molar-refractivity contribution in [2.24, 2.45) is 5.92 Å². The minimum Gasteiger partial charge on any atom is -0.352 e. The van der Waals surface area contributed by atoms with Crippen LogP contribution in [0.4, 0.5) is 13.2 Å². The number of amides is 1. The highest BCUT2D eigenvalue weighted by Crippen LogP contribution is 2.31. The monoisotopic (exact) mass is 252 g/mol. The molecule has 0 spiro atoms. The molecule has 1 amide bonds. The smallest absolute Gasteiger partial charge is 0.352 e. The Kier molecular flexibility index (Phi) is 4.80. The van der Waals surface area contributed by atoms with Crippen molar-refractivity contribution in [1.29, 1.82) is 0 Å². The van der Waals surface area contributed by atoms with E-state index in [4.69, 9.17) is 0 Å². The Balaban J connectivity index is 2.39. The molecule has 1 aliphatic heterocycles. The van der Waals surface area contributed by atoms with Gasteiger partial charge in [-0.3, -0.25) is 4.79 Å². The Labute approximate surface area is 99.1 Å². The molecule has 0 bridgehead atoms. The van der Waals surface area contributed by atoms with Crippen LogP contribution < -0.4 is 10.6 Å². The summed E-state index contributed by atoms with van der Waals surface area (Å²) in [6.07, 6.45) is -3.09. The van der Waals surface area contributed by atoms with Crippen LogP contribution in [0.5, 0.6) is 0 Å². The summed E-state index contributed by atoms with van der Waals surface area (Å²) >= 11 is 0. The minimum atomic E-state index is -4.16. The zero-order chi connectivity index (χ0) is 13.1. The fraction of sp³-hybridized carbons (Fsp3) is 0.909. The number of carbonyl (C=O) groups is 1. The molecular formula is C11H19F3N2O. The molecule has 1 heterocycles. The number of hydrogen-bond acceptors (Lipinski definition) is 2. The minimum absolute atomic E-state index is 0.0229. The van der Waals surface area contributed by atoms with Gasteiger partial charge in [-0.2, -0.15) is 13.2 Å². The lowest BCUT2D eigenvalue weighted by Crippen LogP contribution is -2.52. The number of piperidine rings is 1. The lowest BCUT2D eigenvalue weighted by atomic mass is 9.93. The molecule has 2 N–H and O–H groups in total. The summed E-state index contributed by atoms with van der Waals surface area (Å²) in [7, 11) is 0. The molecule has 1 aliphatic rings. The van der Waals surface area contributed by atoms with Crippen LogP contribution in [-0.2, 0) is 4.79 Å². The lowest BCUT2D eigenvalue weighted by molar-refractivity contribution is -0.180. The van der Waals surface area contributed by atoms with Gasteiger partial charge in [-0.25, -0.2) is 0 Å². The number of alkyl halides is 3. The van der Waals surface area contributed by atoms with E-state index in [1.165, 1.54) is 0 Å². The Morgan fingerprint density at radius 3 is 2.53 bits per heavy atom. The zero-order valence-electron chi connectivity index (χ0n) is 10.1. The summed E-state index contributed by atoms with van der Waals surface area (Å²) in [6, 6.07) is -0.424. The van der Waals surface area contributed by atoms with Crippen molar-refractivity contribution < 1.29 is 18.0 Å². The highest BCUT2D eigenvalue weighted by molar-refractivity contribution is 5.82. The molecule has 6 heteroatoms. The number of carbonyl (C=O) groups excluding carboxylic acids is 1. The average Bonchev–Trinajstić information content (AvgIpc) is 2.27. The predicted octanol–water partition coefficient (Wildman–Crippen LogP) is 1.83. The molecule has 0 radical (unpaired) electrons. The maximum atomic E-state index is 12.4. The highest BCUT2D eigenvalue weighted by Gasteiger charge is 2.42. The first-order chi connectivity index (χ1) is 7.84. The number of halogens is 3. The van der Waals surface area contributed by atoms with Crippen molar-refractivity contribution in [3.05, 3.63) is 0 Å². The quantitative estimate of drug-likeness (QED) is 0.804. The molecule has 0 aromatic carbocycles. The molecule has 1 fully saturated rings. The van der Waals surface area contributed by atoms with Crippen molar-refractivity contribution >= 4 is 5.91 Å². The van der Waals surface area contributed by atoms with Gasteiger partial charge in [0.05, 0.1) is 12.0 Å². The van der Waals surface area contributed by atoms with E-state index in [1.54, 1.807) is 0 Å². The molecule has 17 heavy (non-hydrogen) atoms. The second-order valence-corrected chi connectivity index (χ2v) is 4.59. The molecule has 0 aromatic rings. The Morgan fingerprint density at radius 2 is 2.12 bits per heavy atom. The number of rotatable bonds is 3. The second-order valence-electron chi connectivity index (χ2n) is 4.59. The van der Waals surface area contributed by atoms with E-state index >= 15 is 0 Å². The zero-order valence-corrected chi connectivity index (χ0v) is 10.1. The topological polar surface area (TPSA) is 41.1 Å². The van der Waals surface area contributed by atoms with Gasteiger partial charge in [0.2, 0.25) is 5.91 Å². The van der Waals surface area contributed by atoms with Crippen LogP contribution in [0.25, 0.3) is 0 Å². The third-order valence-electron chi connectivity index (χ3n) is 3.19. The maximum Gasteiger partial charge on any atom is 0.393 e. The Morgan fingerprint density at radius 1 is 1.47 bits per heavy atom. The van der Waals surface area contributed by atoms with Gasteiger partial charge in [0.15, 0.2) is 0 Å². The molecular weight excluding hydrogens is 233 g/mol. The average molecular weight is 252 g/mol. The van der Waals surface area contributed by atoms with Gasteiger partial charge in [-0.1, -0.05) is 6.92 Å². The number of nitrogens with one attached hydrogen (secondary N) is 2. The molecule has 1 saturated heterocycles. The van der Waals surface area contributed by atoms with Crippen molar-refractivity contribution in [2.45, 2.75) is 51.4 Å². The van der Waals surface area contributed by atoms with Crippen LogP contribution in [0.3, 0.4) is 0 Å². The van der Waals surface area contributed by atoms with Crippen LogP contribution in [-0.4, -0.2) is 30.7 Å². The fourth-order valence-electron chi connectivity index (χ4n) is 1.81. The largest absolute Gasteiger partial charge is 0.393 e. The van der Waals surface area contributed by atoms with Crippen LogP contribution in [0.15, 0.2) is 0 Å². The first-order valence-corrected chi connectivity index (χ1v) is 5.95. The van der Waals surface area contributed by atoms with E-state index in [2.05, 4.69) is 10.6 Å². The third-order valence-corrected chi connectivity index (χ3v) is 3.19. The van der Waals surface area contributed by atoms with Crippen LogP contribution in [0.1, 0.15) is 33.1 Å². The second kappa shape index (κ2) is 5.71. The van der Waals surface area contributed by atoms with Crippen molar-refractivity contribution in [3.8, 4) is 0 Å². The molecule has 3 nitrogen and oxygen atoms in total. The first-order valence-electron chi connectivity index (χ1n) is 5.95. The van der Waals surface area contributed by atoms with Crippen molar-refractivity contribution in [1.82, 2.24) is 10.6 Å². The molecule has 0 aliphatic carbocycles. The normalized spacial score (nSPS) is 27.6. The van der Waals surface area contributed by atoms with Gasteiger partial charge < -0.3 is 10.6 Å². The maximum absolute atomic E-state index is 12.4. The van der Waals surface area contributed by atoms with E-state index < -0.39 is 18.1 Å². The number of hydrogen-bond donors (Lipinski definition) is 2. The summed E-state index contributed by atoms with van der Waals surface area (Å²) in [5.41, 5.74) is 0. The van der Waals surface area contributed by atoms with Gasteiger partial charge in [0, 0.05) is 12.6 Å². The van der Waals surface area contributed by atoms with Gasteiger partial charge in [-0.05, 0) is 26.2 Å². The standard InChI is InChI=1S/C11H19F3N2O/c1-3-7(2)16-10(17)9-5-4-8(6-15-9)11(12,13)14/h7-9,15H,3-6H2,1-2H3,(H,16,17). The summed E-state index contributed by atoms with van der Waals surface area (Å²) < 4.78 is 37.2.